The van der Waals surface area contributed by atoms with Crippen LogP contribution in [-0.4, -0.2) is 49.3 Å². The molecule has 0 aliphatic carbocycles. The van der Waals surface area contributed by atoms with E-state index in [1.165, 1.54) is 5.56 Å². The summed E-state index contributed by atoms with van der Waals surface area (Å²) in [5, 5.41) is 0.743. The molecule has 0 N–H and O–H groups in total. The number of likely N-dealkylation sites (N-methyl/N-ethyl adjacent to an activating group) is 1. The van der Waals surface area contributed by atoms with E-state index in [1.807, 2.05) is 30.3 Å². The average molecular weight is 329 g/mol. The van der Waals surface area contributed by atoms with Crippen molar-refractivity contribution in [1.82, 2.24) is 9.80 Å². The van der Waals surface area contributed by atoms with Gasteiger partial charge in [-0.05, 0) is 36.4 Å². The minimum atomic E-state index is 0.154. The largest absolute Gasteiger partial charge is 0.304 e. The summed E-state index contributed by atoms with van der Waals surface area (Å²) < 4.78 is 0. The fourth-order valence-electron chi connectivity index (χ4n) is 3.14. The first kappa shape index (κ1) is 16.2. The Morgan fingerprint density at radius 1 is 1.00 bits per heavy atom. The van der Waals surface area contributed by atoms with Crippen LogP contribution in [0.1, 0.15) is 27.5 Å². The number of piperazine rings is 1. The van der Waals surface area contributed by atoms with Gasteiger partial charge in [0.1, 0.15) is 6.29 Å². The van der Waals surface area contributed by atoms with Crippen LogP contribution < -0.4 is 0 Å². The average Bonchev–Trinajstić information content (AvgIpc) is 2.59. The molecule has 0 bridgehead atoms. The maximum atomic E-state index is 11.1. The van der Waals surface area contributed by atoms with Gasteiger partial charge in [0.2, 0.25) is 0 Å². The highest BCUT2D eigenvalue weighted by atomic mass is 35.5. The van der Waals surface area contributed by atoms with Gasteiger partial charge in [0.05, 0.1) is 6.04 Å². The Bertz CT molecular complexity index is 663. The molecule has 0 saturated carbocycles. The lowest BCUT2D eigenvalue weighted by Gasteiger charge is -2.38. The van der Waals surface area contributed by atoms with Crippen LogP contribution in [0.3, 0.4) is 0 Å². The van der Waals surface area contributed by atoms with Crippen LogP contribution in [0.4, 0.5) is 0 Å². The maximum absolute atomic E-state index is 11.1. The van der Waals surface area contributed by atoms with Crippen molar-refractivity contribution in [2.24, 2.45) is 0 Å². The van der Waals surface area contributed by atoms with Gasteiger partial charge in [-0.25, -0.2) is 0 Å². The van der Waals surface area contributed by atoms with E-state index in [9.17, 15) is 4.79 Å². The molecular formula is C19H21ClN2O. The van der Waals surface area contributed by atoms with E-state index >= 15 is 0 Å². The topological polar surface area (TPSA) is 23.6 Å². The normalized spacial score (nSPS) is 17.8. The first-order chi connectivity index (χ1) is 11.2. The van der Waals surface area contributed by atoms with Crippen LogP contribution in [-0.2, 0) is 0 Å². The van der Waals surface area contributed by atoms with Crippen LogP contribution in [0.15, 0.2) is 48.5 Å². The van der Waals surface area contributed by atoms with Crippen LogP contribution in [0.2, 0.25) is 5.02 Å². The molecule has 0 amide bonds. The zero-order valence-electron chi connectivity index (χ0n) is 13.3. The van der Waals surface area contributed by atoms with E-state index in [0.717, 1.165) is 48.6 Å². The lowest BCUT2D eigenvalue weighted by Crippen LogP contribution is -2.46. The molecular weight excluding hydrogens is 308 g/mol. The van der Waals surface area contributed by atoms with E-state index < -0.39 is 0 Å². The fourth-order valence-corrected chi connectivity index (χ4v) is 3.27. The van der Waals surface area contributed by atoms with E-state index in [-0.39, 0.29) is 6.04 Å². The molecule has 1 atom stereocenters. The highest BCUT2D eigenvalue weighted by Gasteiger charge is 2.25. The Morgan fingerprint density at radius 3 is 2.35 bits per heavy atom. The second-order valence-corrected chi connectivity index (χ2v) is 6.52. The molecule has 2 aromatic rings. The van der Waals surface area contributed by atoms with Crippen molar-refractivity contribution in [3.05, 3.63) is 70.2 Å². The molecule has 1 aliphatic heterocycles. The Morgan fingerprint density at radius 2 is 1.70 bits per heavy atom. The first-order valence-electron chi connectivity index (χ1n) is 7.90. The van der Waals surface area contributed by atoms with E-state index in [1.54, 1.807) is 0 Å². The number of carbonyl (C=O) groups is 1. The molecule has 3 nitrogen and oxygen atoms in total. The Kier molecular flexibility index (Phi) is 5.11. The van der Waals surface area contributed by atoms with Crippen LogP contribution in [0.25, 0.3) is 0 Å². The fraction of sp³-hybridized carbons (Fsp3) is 0.316. The predicted molar refractivity (Wildman–Crippen MR) is 94.2 cm³/mol. The standard InChI is InChI=1S/C19H21ClN2O/c1-21-9-11-22(12-10-21)19(16-5-7-18(20)8-6-16)17-4-2-3-15(13-17)14-23/h2-8,13-14,19H,9-12H2,1H3. The molecule has 120 valence electrons. The number of aldehydes is 1. The number of hydrogen-bond acceptors (Lipinski definition) is 3. The SMILES string of the molecule is CN1CCN(C(c2ccc(Cl)cc2)c2cccc(C=O)c2)CC1. The smallest absolute Gasteiger partial charge is 0.150 e. The van der Waals surface area contributed by atoms with Crippen molar-refractivity contribution in [1.29, 1.82) is 0 Å². The third-order valence-electron chi connectivity index (χ3n) is 4.45. The summed E-state index contributed by atoms with van der Waals surface area (Å²) in [7, 11) is 2.15. The van der Waals surface area contributed by atoms with Crippen LogP contribution in [0, 0.1) is 0 Å². The van der Waals surface area contributed by atoms with Gasteiger partial charge in [0.15, 0.2) is 0 Å². The Hall–Kier alpha value is -1.68. The number of nitrogens with zero attached hydrogens (tertiary/aromatic N) is 2. The minimum absolute atomic E-state index is 0.154. The number of carbonyl (C=O) groups excluding carboxylic acids is 1. The third-order valence-corrected chi connectivity index (χ3v) is 4.70. The van der Waals surface area contributed by atoms with E-state index in [4.69, 9.17) is 11.6 Å². The summed E-state index contributed by atoms with van der Waals surface area (Å²) in [6.45, 7) is 4.12. The molecule has 1 fully saturated rings. The van der Waals surface area contributed by atoms with Gasteiger partial charge in [0, 0.05) is 36.8 Å². The van der Waals surface area contributed by atoms with Crippen molar-refractivity contribution in [2.75, 3.05) is 33.2 Å². The molecule has 1 saturated heterocycles. The van der Waals surface area contributed by atoms with Crippen molar-refractivity contribution in [2.45, 2.75) is 6.04 Å². The van der Waals surface area contributed by atoms with Crippen LogP contribution >= 0.6 is 11.6 Å². The maximum Gasteiger partial charge on any atom is 0.150 e. The summed E-state index contributed by atoms with van der Waals surface area (Å²) in [5.41, 5.74) is 3.08. The molecule has 3 rings (SSSR count). The minimum Gasteiger partial charge on any atom is -0.304 e. The van der Waals surface area contributed by atoms with Gasteiger partial charge in [-0.15, -0.1) is 0 Å². The predicted octanol–water partition coefficient (Wildman–Crippen LogP) is 3.49. The molecule has 0 aromatic heterocycles. The second kappa shape index (κ2) is 7.26. The highest BCUT2D eigenvalue weighted by Crippen LogP contribution is 2.30. The molecule has 0 spiro atoms. The van der Waals surface area contributed by atoms with Crippen molar-refractivity contribution in [3.8, 4) is 0 Å². The van der Waals surface area contributed by atoms with E-state index in [2.05, 4.69) is 35.0 Å². The molecule has 4 heteroatoms. The Labute approximate surface area is 142 Å². The molecule has 23 heavy (non-hydrogen) atoms. The first-order valence-corrected chi connectivity index (χ1v) is 8.28. The molecule has 1 heterocycles. The lowest BCUT2D eigenvalue weighted by atomic mass is 9.95. The summed E-state index contributed by atoms with van der Waals surface area (Å²) in [6.07, 6.45) is 0.909. The quantitative estimate of drug-likeness (QED) is 0.803. The summed E-state index contributed by atoms with van der Waals surface area (Å²) in [5.74, 6) is 0. The van der Waals surface area contributed by atoms with Gasteiger partial charge >= 0.3 is 0 Å². The van der Waals surface area contributed by atoms with Crippen molar-refractivity contribution in [3.63, 3.8) is 0 Å². The molecule has 2 aromatic carbocycles. The highest BCUT2D eigenvalue weighted by molar-refractivity contribution is 6.30. The van der Waals surface area contributed by atoms with Crippen LogP contribution in [0.5, 0.6) is 0 Å². The zero-order chi connectivity index (χ0) is 16.2. The molecule has 0 radical (unpaired) electrons. The number of rotatable bonds is 4. The second-order valence-electron chi connectivity index (χ2n) is 6.08. The molecule has 1 unspecified atom stereocenters. The summed E-state index contributed by atoms with van der Waals surface area (Å²) >= 11 is 6.05. The van der Waals surface area contributed by atoms with Gasteiger partial charge in [0.25, 0.3) is 0 Å². The number of halogens is 1. The van der Waals surface area contributed by atoms with Gasteiger partial charge in [-0.3, -0.25) is 9.69 Å². The summed E-state index contributed by atoms with van der Waals surface area (Å²) in [4.78, 5) is 16.0. The third kappa shape index (κ3) is 3.81. The van der Waals surface area contributed by atoms with Gasteiger partial charge < -0.3 is 4.90 Å². The zero-order valence-corrected chi connectivity index (χ0v) is 14.0. The van der Waals surface area contributed by atoms with Gasteiger partial charge in [-0.1, -0.05) is 41.9 Å². The molecule has 1 aliphatic rings. The lowest BCUT2D eigenvalue weighted by molar-refractivity contribution is 0.112. The summed E-state index contributed by atoms with van der Waals surface area (Å²) in [6, 6.07) is 16.1. The number of hydrogen-bond donors (Lipinski definition) is 0. The van der Waals surface area contributed by atoms with Crippen molar-refractivity contribution >= 4 is 17.9 Å². The van der Waals surface area contributed by atoms with E-state index in [0.29, 0.717) is 0 Å². The Balaban J connectivity index is 1.98. The monoisotopic (exact) mass is 328 g/mol. The van der Waals surface area contributed by atoms with Gasteiger partial charge in [-0.2, -0.15) is 0 Å². The van der Waals surface area contributed by atoms with Crippen molar-refractivity contribution < 1.29 is 4.79 Å². The number of benzene rings is 2.